The topological polar surface area (TPSA) is 49.6 Å². The van der Waals surface area contributed by atoms with Gasteiger partial charge in [-0.15, -0.1) is 0 Å². The fourth-order valence-corrected chi connectivity index (χ4v) is 3.26. The third-order valence-electron chi connectivity index (χ3n) is 4.56. The van der Waals surface area contributed by atoms with Crippen LogP contribution in [0, 0.1) is 0 Å². The first kappa shape index (κ1) is 14.5. The van der Waals surface area contributed by atoms with Crippen molar-refractivity contribution in [2.45, 2.75) is 50.9 Å². The first-order valence-electron chi connectivity index (χ1n) is 7.99. The maximum Gasteiger partial charge on any atom is 0.239 e. The van der Waals surface area contributed by atoms with Gasteiger partial charge in [-0.3, -0.25) is 9.69 Å². The van der Waals surface area contributed by atoms with Gasteiger partial charge in [-0.2, -0.15) is 0 Å². The van der Waals surface area contributed by atoms with Gasteiger partial charge in [0.2, 0.25) is 5.91 Å². The Morgan fingerprint density at radius 2 is 2.00 bits per heavy atom. The van der Waals surface area contributed by atoms with Crippen molar-refractivity contribution in [1.82, 2.24) is 9.80 Å². The molecular weight excluding hydrogens is 262 g/mol. The van der Waals surface area contributed by atoms with Crippen molar-refractivity contribution in [3.63, 3.8) is 0 Å². The Morgan fingerprint density at radius 1 is 1.29 bits per heavy atom. The predicted molar refractivity (Wildman–Crippen MR) is 83.6 cm³/mol. The van der Waals surface area contributed by atoms with E-state index >= 15 is 0 Å². The molecule has 2 N–H and O–H groups in total. The van der Waals surface area contributed by atoms with Gasteiger partial charge >= 0.3 is 0 Å². The van der Waals surface area contributed by atoms with Gasteiger partial charge in [0, 0.05) is 31.7 Å². The number of benzene rings is 1. The number of likely N-dealkylation sites (tertiary alicyclic amines) is 1. The SMILES string of the molecule is C[C@H](N)C(=O)N1CC[C@H](N(Cc2ccccc2)C2CC2)C1. The molecule has 1 heterocycles. The Morgan fingerprint density at radius 3 is 2.62 bits per heavy atom. The average molecular weight is 287 g/mol. The second-order valence-corrected chi connectivity index (χ2v) is 6.40. The number of rotatable bonds is 5. The molecule has 0 aromatic heterocycles. The zero-order valence-corrected chi connectivity index (χ0v) is 12.7. The van der Waals surface area contributed by atoms with E-state index in [2.05, 4.69) is 35.2 Å². The van der Waals surface area contributed by atoms with Gasteiger partial charge in [0.15, 0.2) is 0 Å². The van der Waals surface area contributed by atoms with Gasteiger partial charge in [0.25, 0.3) is 0 Å². The number of hydrogen-bond acceptors (Lipinski definition) is 3. The summed E-state index contributed by atoms with van der Waals surface area (Å²) in [6.45, 7) is 4.46. The second kappa shape index (κ2) is 6.16. The summed E-state index contributed by atoms with van der Waals surface area (Å²) in [6, 6.07) is 11.4. The van der Waals surface area contributed by atoms with Crippen molar-refractivity contribution < 1.29 is 4.79 Å². The van der Waals surface area contributed by atoms with Gasteiger partial charge in [0.05, 0.1) is 6.04 Å². The van der Waals surface area contributed by atoms with Crippen molar-refractivity contribution in [2.24, 2.45) is 5.73 Å². The standard InChI is InChI=1S/C17H25N3O/c1-13(18)17(21)19-10-9-16(12-19)20(15-7-8-15)11-14-5-3-2-4-6-14/h2-6,13,15-16H,7-12,18H2,1H3/t13-,16-/m0/s1. The molecule has 2 atom stereocenters. The van der Waals surface area contributed by atoms with Crippen LogP contribution < -0.4 is 5.73 Å². The molecule has 1 amide bonds. The van der Waals surface area contributed by atoms with Gasteiger partial charge in [0.1, 0.15) is 0 Å². The number of nitrogens with two attached hydrogens (primary N) is 1. The predicted octanol–water partition coefficient (Wildman–Crippen LogP) is 1.60. The minimum absolute atomic E-state index is 0.0907. The monoisotopic (exact) mass is 287 g/mol. The molecule has 0 bridgehead atoms. The summed E-state index contributed by atoms with van der Waals surface area (Å²) in [5.74, 6) is 0.0907. The maximum atomic E-state index is 12.0. The van der Waals surface area contributed by atoms with Crippen LogP contribution in [0.4, 0.5) is 0 Å². The van der Waals surface area contributed by atoms with Crippen LogP contribution in [0.2, 0.25) is 0 Å². The van der Waals surface area contributed by atoms with Crippen LogP contribution in [-0.2, 0) is 11.3 Å². The fraction of sp³-hybridized carbons (Fsp3) is 0.588. The molecule has 1 saturated carbocycles. The average Bonchev–Trinajstić information content (AvgIpc) is 3.22. The highest BCUT2D eigenvalue weighted by molar-refractivity contribution is 5.81. The molecule has 1 aliphatic carbocycles. The summed E-state index contributed by atoms with van der Waals surface area (Å²) in [4.78, 5) is 16.6. The Bertz CT molecular complexity index is 484. The molecular formula is C17H25N3O. The molecule has 0 unspecified atom stereocenters. The van der Waals surface area contributed by atoms with Crippen LogP contribution in [0.15, 0.2) is 30.3 Å². The quantitative estimate of drug-likeness (QED) is 0.895. The van der Waals surface area contributed by atoms with Crippen molar-refractivity contribution in [1.29, 1.82) is 0 Å². The van der Waals surface area contributed by atoms with Crippen LogP contribution in [0.25, 0.3) is 0 Å². The Hall–Kier alpha value is -1.39. The molecule has 4 heteroatoms. The van der Waals surface area contributed by atoms with E-state index in [1.54, 1.807) is 6.92 Å². The van der Waals surface area contributed by atoms with Crippen molar-refractivity contribution in [2.75, 3.05) is 13.1 Å². The van der Waals surface area contributed by atoms with Crippen LogP contribution in [0.5, 0.6) is 0 Å². The highest BCUT2D eigenvalue weighted by atomic mass is 16.2. The summed E-state index contributed by atoms with van der Waals surface area (Å²) < 4.78 is 0. The first-order valence-corrected chi connectivity index (χ1v) is 7.99. The summed E-state index contributed by atoms with van der Waals surface area (Å²) in [6.07, 6.45) is 3.66. The van der Waals surface area contributed by atoms with E-state index in [0.717, 1.165) is 26.1 Å². The second-order valence-electron chi connectivity index (χ2n) is 6.40. The third kappa shape index (κ3) is 3.44. The molecule has 3 rings (SSSR count). The lowest BCUT2D eigenvalue weighted by Gasteiger charge is -2.29. The zero-order valence-electron chi connectivity index (χ0n) is 12.7. The van der Waals surface area contributed by atoms with Crippen molar-refractivity contribution in [3.8, 4) is 0 Å². The van der Waals surface area contributed by atoms with Crippen molar-refractivity contribution >= 4 is 5.91 Å². The highest BCUT2D eigenvalue weighted by Crippen LogP contribution is 2.33. The molecule has 114 valence electrons. The largest absolute Gasteiger partial charge is 0.340 e. The van der Waals surface area contributed by atoms with Crippen LogP contribution >= 0.6 is 0 Å². The summed E-state index contributed by atoms with van der Waals surface area (Å²) >= 11 is 0. The smallest absolute Gasteiger partial charge is 0.239 e. The minimum Gasteiger partial charge on any atom is -0.340 e. The summed E-state index contributed by atoms with van der Waals surface area (Å²) in [7, 11) is 0. The Kier molecular flexibility index (Phi) is 4.27. The molecule has 21 heavy (non-hydrogen) atoms. The van der Waals surface area contributed by atoms with Crippen LogP contribution in [0.1, 0.15) is 31.7 Å². The van der Waals surface area contributed by atoms with E-state index in [1.165, 1.54) is 18.4 Å². The lowest BCUT2D eigenvalue weighted by atomic mass is 10.1. The van der Waals surface area contributed by atoms with Gasteiger partial charge in [-0.1, -0.05) is 30.3 Å². The maximum absolute atomic E-state index is 12.0. The van der Waals surface area contributed by atoms with E-state index < -0.39 is 0 Å². The third-order valence-corrected chi connectivity index (χ3v) is 4.56. The Balaban J connectivity index is 1.64. The number of amides is 1. The molecule has 2 aliphatic rings. The lowest BCUT2D eigenvalue weighted by molar-refractivity contribution is -0.131. The van der Waals surface area contributed by atoms with Gasteiger partial charge in [-0.05, 0) is 31.7 Å². The number of carbonyl (C=O) groups is 1. The molecule has 4 nitrogen and oxygen atoms in total. The minimum atomic E-state index is -0.382. The fourth-order valence-electron chi connectivity index (χ4n) is 3.26. The zero-order chi connectivity index (χ0) is 14.8. The van der Waals surface area contributed by atoms with Crippen LogP contribution in [0.3, 0.4) is 0 Å². The van der Waals surface area contributed by atoms with E-state index in [9.17, 15) is 4.79 Å². The number of nitrogens with zero attached hydrogens (tertiary/aromatic N) is 2. The van der Waals surface area contributed by atoms with Crippen LogP contribution in [-0.4, -0.2) is 46.9 Å². The molecule has 0 spiro atoms. The normalized spacial score (nSPS) is 23.6. The van der Waals surface area contributed by atoms with E-state index in [1.807, 2.05) is 4.90 Å². The molecule has 1 aliphatic heterocycles. The van der Waals surface area contributed by atoms with Gasteiger partial charge < -0.3 is 10.6 Å². The van der Waals surface area contributed by atoms with Crippen molar-refractivity contribution in [3.05, 3.63) is 35.9 Å². The van der Waals surface area contributed by atoms with E-state index in [-0.39, 0.29) is 11.9 Å². The molecule has 1 aromatic carbocycles. The van der Waals surface area contributed by atoms with E-state index in [0.29, 0.717) is 12.1 Å². The molecule has 0 radical (unpaired) electrons. The molecule has 2 fully saturated rings. The Labute approximate surface area is 126 Å². The first-order chi connectivity index (χ1) is 10.1. The number of carbonyl (C=O) groups excluding carboxylic acids is 1. The van der Waals surface area contributed by atoms with E-state index in [4.69, 9.17) is 5.73 Å². The van der Waals surface area contributed by atoms with Gasteiger partial charge in [-0.25, -0.2) is 0 Å². The number of hydrogen-bond donors (Lipinski definition) is 1. The summed E-state index contributed by atoms with van der Waals surface area (Å²) in [5.41, 5.74) is 7.09. The molecule has 1 aromatic rings. The lowest BCUT2D eigenvalue weighted by Crippen LogP contribution is -2.44. The summed E-state index contributed by atoms with van der Waals surface area (Å²) in [5, 5.41) is 0. The highest BCUT2D eigenvalue weighted by Gasteiger charge is 2.38. The molecule has 1 saturated heterocycles.